The van der Waals surface area contributed by atoms with E-state index in [-0.39, 0.29) is 5.54 Å². The third-order valence-electron chi connectivity index (χ3n) is 6.09. The van der Waals surface area contributed by atoms with Crippen molar-refractivity contribution < 1.29 is 0 Å². The molecule has 0 spiro atoms. The fraction of sp³-hybridized carbons (Fsp3) is 1.00. The molecule has 0 bridgehead atoms. The molecule has 2 nitrogen and oxygen atoms in total. The van der Waals surface area contributed by atoms with Gasteiger partial charge in [-0.1, -0.05) is 40.5 Å². The van der Waals surface area contributed by atoms with Crippen molar-refractivity contribution in [2.45, 2.75) is 78.2 Å². The van der Waals surface area contributed by atoms with Crippen LogP contribution in [0.1, 0.15) is 72.6 Å². The van der Waals surface area contributed by atoms with E-state index in [2.05, 4.69) is 32.6 Å². The zero-order valence-electron chi connectivity index (χ0n) is 14.3. The first-order valence-corrected chi connectivity index (χ1v) is 8.88. The Morgan fingerprint density at radius 3 is 2.50 bits per heavy atom. The van der Waals surface area contributed by atoms with E-state index in [9.17, 15) is 0 Å². The zero-order chi connectivity index (χ0) is 14.8. The molecule has 20 heavy (non-hydrogen) atoms. The minimum absolute atomic E-state index is 0.282. The van der Waals surface area contributed by atoms with E-state index >= 15 is 0 Å². The third-order valence-corrected chi connectivity index (χ3v) is 6.09. The topological polar surface area (TPSA) is 29.3 Å². The van der Waals surface area contributed by atoms with Crippen LogP contribution in [0.2, 0.25) is 0 Å². The highest BCUT2D eigenvalue weighted by Gasteiger charge is 2.51. The first kappa shape index (κ1) is 16.3. The summed E-state index contributed by atoms with van der Waals surface area (Å²) >= 11 is 0. The van der Waals surface area contributed by atoms with Crippen molar-refractivity contribution in [1.29, 1.82) is 0 Å². The average molecular weight is 281 g/mol. The number of nitrogens with two attached hydrogens (primary N) is 1. The summed E-state index contributed by atoms with van der Waals surface area (Å²) in [4.78, 5) is 2.79. The lowest BCUT2D eigenvalue weighted by atomic mass is 9.84. The van der Waals surface area contributed by atoms with Gasteiger partial charge in [-0.15, -0.1) is 0 Å². The van der Waals surface area contributed by atoms with Crippen LogP contribution in [-0.4, -0.2) is 30.1 Å². The molecule has 2 rings (SSSR count). The van der Waals surface area contributed by atoms with Crippen LogP contribution < -0.4 is 5.73 Å². The first-order chi connectivity index (χ1) is 9.43. The predicted octanol–water partition coefficient (Wildman–Crippen LogP) is 4.04. The van der Waals surface area contributed by atoms with Crippen molar-refractivity contribution in [2.75, 3.05) is 19.6 Å². The van der Waals surface area contributed by atoms with Crippen molar-refractivity contribution >= 4 is 0 Å². The fourth-order valence-electron chi connectivity index (χ4n) is 5.23. The summed E-state index contributed by atoms with van der Waals surface area (Å²) < 4.78 is 0. The van der Waals surface area contributed by atoms with Crippen molar-refractivity contribution in [3.8, 4) is 0 Å². The molecular weight excluding hydrogens is 244 g/mol. The summed E-state index contributed by atoms with van der Waals surface area (Å²) in [6.45, 7) is 13.0. The Hall–Kier alpha value is -0.0800. The van der Waals surface area contributed by atoms with E-state index in [4.69, 9.17) is 5.73 Å². The molecule has 2 fully saturated rings. The molecule has 1 saturated heterocycles. The van der Waals surface area contributed by atoms with Gasteiger partial charge in [-0.3, -0.25) is 4.90 Å². The molecular formula is C18H36N2. The third kappa shape index (κ3) is 3.22. The molecule has 1 aliphatic heterocycles. The zero-order valence-corrected chi connectivity index (χ0v) is 14.3. The van der Waals surface area contributed by atoms with Gasteiger partial charge in [0.15, 0.2) is 0 Å². The number of nitrogens with zero attached hydrogens (tertiary/aromatic N) is 1. The summed E-state index contributed by atoms with van der Waals surface area (Å²) in [5.41, 5.74) is 7.06. The molecule has 0 radical (unpaired) electrons. The SMILES string of the molecule is CCCC1CCCN(C2(CN)CC(C)(C)CC2C)CC1. The second-order valence-corrected chi connectivity index (χ2v) is 8.33. The van der Waals surface area contributed by atoms with E-state index < -0.39 is 0 Å². The van der Waals surface area contributed by atoms with Crippen LogP contribution in [0.4, 0.5) is 0 Å². The Morgan fingerprint density at radius 2 is 1.95 bits per heavy atom. The van der Waals surface area contributed by atoms with Gasteiger partial charge in [0, 0.05) is 12.1 Å². The molecule has 2 N–H and O–H groups in total. The van der Waals surface area contributed by atoms with Crippen LogP contribution in [0, 0.1) is 17.3 Å². The molecule has 1 aliphatic carbocycles. The van der Waals surface area contributed by atoms with Gasteiger partial charge in [0.25, 0.3) is 0 Å². The van der Waals surface area contributed by atoms with Crippen molar-refractivity contribution in [1.82, 2.24) is 4.90 Å². The monoisotopic (exact) mass is 280 g/mol. The molecule has 3 atom stereocenters. The first-order valence-electron chi connectivity index (χ1n) is 8.88. The fourth-order valence-corrected chi connectivity index (χ4v) is 5.23. The Morgan fingerprint density at radius 1 is 1.20 bits per heavy atom. The Balaban J connectivity index is 2.08. The van der Waals surface area contributed by atoms with Crippen LogP contribution in [0.3, 0.4) is 0 Å². The quantitative estimate of drug-likeness (QED) is 0.842. The van der Waals surface area contributed by atoms with Crippen LogP contribution in [-0.2, 0) is 0 Å². The molecule has 0 aromatic rings. The van der Waals surface area contributed by atoms with E-state index in [1.54, 1.807) is 0 Å². The highest BCUT2D eigenvalue weighted by atomic mass is 15.2. The molecule has 2 aliphatic rings. The maximum absolute atomic E-state index is 6.31. The normalized spacial score (nSPS) is 38.9. The van der Waals surface area contributed by atoms with Crippen LogP contribution in [0.15, 0.2) is 0 Å². The van der Waals surface area contributed by atoms with Gasteiger partial charge in [0.1, 0.15) is 0 Å². The summed E-state index contributed by atoms with van der Waals surface area (Å²) in [6, 6.07) is 0. The smallest absolute Gasteiger partial charge is 0.0362 e. The number of hydrogen-bond acceptors (Lipinski definition) is 2. The summed E-state index contributed by atoms with van der Waals surface area (Å²) in [5, 5.41) is 0. The standard InChI is InChI=1S/C18H36N2/c1-5-7-16-8-6-10-20(11-9-16)18(14-19)13-17(3,4)12-15(18)2/h15-16H,5-14,19H2,1-4H3. The maximum Gasteiger partial charge on any atom is 0.0362 e. The molecule has 0 amide bonds. The number of hydrogen-bond donors (Lipinski definition) is 1. The summed E-state index contributed by atoms with van der Waals surface area (Å²) in [5.74, 6) is 1.70. The van der Waals surface area contributed by atoms with Gasteiger partial charge in [-0.25, -0.2) is 0 Å². The van der Waals surface area contributed by atoms with Crippen LogP contribution in [0.5, 0.6) is 0 Å². The minimum Gasteiger partial charge on any atom is -0.329 e. The molecule has 1 heterocycles. The Labute approximate surface area is 126 Å². The number of likely N-dealkylation sites (tertiary alicyclic amines) is 1. The lowest BCUT2D eigenvalue weighted by Gasteiger charge is -2.44. The van der Waals surface area contributed by atoms with Gasteiger partial charge < -0.3 is 5.73 Å². The lowest BCUT2D eigenvalue weighted by molar-refractivity contribution is 0.0610. The molecule has 118 valence electrons. The van der Waals surface area contributed by atoms with Gasteiger partial charge >= 0.3 is 0 Å². The van der Waals surface area contributed by atoms with Crippen molar-refractivity contribution in [2.24, 2.45) is 23.0 Å². The minimum atomic E-state index is 0.282. The van der Waals surface area contributed by atoms with Gasteiger partial charge in [0.2, 0.25) is 0 Å². The van der Waals surface area contributed by atoms with E-state index in [1.165, 1.54) is 58.0 Å². The highest BCUT2D eigenvalue weighted by molar-refractivity contribution is 5.06. The Bertz CT molecular complexity index is 313. The molecule has 2 heteroatoms. The second-order valence-electron chi connectivity index (χ2n) is 8.33. The summed E-state index contributed by atoms with van der Waals surface area (Å²) in [7, 11) is 0. The van der Waals surface area contributed by atoms with Gasteiger partial charge in [-0.05, 0) is 62.4 Å². The van der Waals surface area contributed by atoms with Gasteiger partial charge in [0.05, 0.1) is 0 Å². The predicted molar refractivity (Wildman–Crippen MR) is 87.8 cm³/mol. The Kier molecular flexibility index (Phi) is 5.18. The van der Waals surface area contributed by atoms with E-state index in [1.807, 2.05) is 0 Å². The van der Waals surface area contributed by atoms with Crippen LogP contribution >= 0.6 is 0 Å². The van der Waals surface area contributed by atoms with Gasteiger partial charge in [-0.2, -0.15) is 0 Å². The largest absolute Gasteiger partial charge is 0.329 e. The van der Waals surface area contributed by atoms with Crippen molar-refractivity contribution in [3.63, 3.8) is 0 Å². The second kappa shape index (κ2) is 6.36. The number of rotatable bonds is 4. The molecule has 0 aromatic carbocycles. The molecule has 1 saturated carbocycles. The molecule has 0 aromatic heterocycles. The average Bonchev–Trinajstić information content (AvgIpc) is 2.56. The lowest BCUT2D eigenvalue weighted by Crippen LogP contribution is -2.56. The van der Waals surface area contributed by atoms with Crippen molar-refractivity contribution in [3.05, 3.63) is 0 Å². The highest BCUT2D eigenvalue weighted by Crippen LogP contribution is 2.50. The summed E-state index contributed by atoms with van der Waals surface area (Å²) in [6.07, 6.45) is 9.58. The maximum atomic E-state index is 6.31. The van der Waals surface area contributed by atoms with Crippen LogP contribution in [0.25, 0.3) is 0 Å². The van der Waals surface area contributed by atoms with E-state index in [0.717, 1.165) is 18.4 Å². The van der Waals surface area contributed by atoms with E-state index in [0.29, 0.717) is 5.41 Å². The molecule has 3 unspecified atom stereocenters.